The Hall–Kier alpha value is -1.18. The van der Waals surface area contributed by atoms with Crippen LogP contribution >= 0.6 is 11.8 Å². The molecule has 8 heteroatoms. The van der Waals surface area contributed by atoms with Gasteiger partial charge in [0.05, 0.1) is 0 Å². The van der Waals surface area contributed by atoms with Crippen LogP contribution in [-0.2, 0) is 6.18 Å². The van der Waals surface area contributed by atoms with E-state index in [1.165, 1.54) is 0 Å². The summed E-state index contributed by atoms with van der Waals surface area (Å²) in [7, 11) is 1.79. The largest absolute Gasteiger partial charge is 0.433 e. The highest BCUT2D eigenvalue weighted by atomic mass is 32.2. The zero-order valence-corrected chi connectivity index (χ0v) is 12.9. The molecule has 0 radical (unpaired) electrons. The van der Waals surface area contributed by atoms with Crippen molar-refractivity contribution in [3.63, 3.8) is 0 Å². The minimum atomic E-state index is -4.47. The first-order valence-electron chi connectivity index (χ1n) is 6.92. The summed E-state index contributed by atoms with van der Waals surface area (Å²) >= 11 is 1.81. The molecule has 0 bridgehead atoms. The van der Waals surface area contributed by atoms with Crippen molar-refractivity contribution in [2.75, 3.05) is 35.3 Å². The van der Waals surface area contributed by atoms with Gasteiger partial charge in [0.15, 0.2) is 5.69 Å². The highest BCUT2D eigenvalue weighted by Crippen LogP contribution is 2.32. The van der Waals surface area contributed by atoms with Crippen molar-refractivity contribution in [1.29, 1.82) is 0 Å². The Morgan fingerprint density at radius 3 is 2.76 bits per heavy atom. The van der Waals surface area contributed by atoms with Crippen molar-refractivity contribution in [2.24, 2.45) is 0 Å². The maximum Gasteiger partial charge on any atom is 0.433 e. The van der Waals surface area contributed by atoms with E-state index in [0.29, 0.717) is 12.4 Å². The summed E-state index contributed by atoms with van der Waals surface area (Å²) in [6.07, 6.45) is -2.71. The fourth-order valence-corrected chi connectivity index (χ4v) is 3.36. The van der Waals surface area contributed by atoms with Crippen LogP contribution in [0.3, 0.4) is 0 Å². The highest BCUT2D eigenvalue weighted by Gasteiger charge is 2.34. The summed E-state index contributed by atoms with van der Waals surface area (Å²) in [6.45, 7) is 2.48. The predicted molar refractivity (Wildman–Crippen MR) is 79.9 cm³/mol. The average molecular weight is 320 g/mol. The molecule has 1 aromatic heterocycles. The maximum absolute atomic E-state index is 13.0. The van der Waals surface area contributed by atoms with Gasteiger partial charge < -0.3 is 10.2 Å². The van der Waals surface area contributed by atoms with Gasteiger partial charge in [-0.3, -0.25) is 0 Å². The Labute approximate surface area is 126 Å². The molecule has 2 rings (SSSR count). The number of hydrogen-bond acceptors (Lipinski definition) is 5. The topological polar surface area (TPSA) is 41.1 Å². The summed E-state index contributed by atoms with van der Waals surface area (Å²) in [5.74, 6) is 2.31. The third kappa shape index (κ3) is 4.15. The van der Waals surface area contributed by atoms with E-state index in [4.69, 9.17) is 0 Å². The molecule has 0 amide bonds. The van der Waals surface area contributed by atoms with E-state index in [1.54, 1.807) is 7.05 Å². The molecule has 1 fully saturated rings. The van der Waals surface area contributed by atoms with Gasteiger partial charge in [-0.15, -0.1) is 0 Å². The maximum atomic E-state index is 13.0. The summed E-state index contributed by atoms with van der Waals surface area (Å²) in [5.41, 5.74) is -0.899. The molecule has 1 unspecified atom stereocenters. The number of hydrogen-bond donors (Lipinski definition) is 1. The number of alkyl halides is 3. The average Bonchev–Trinajstić information content (AvgIpc) is 2.97. The number of thioether (sulfide) groups is 1. The molecule has 1 atom stereocenters. The van der Waals surface area contributed by atoms with Crippen LogP contribution < -0.4 is 10.2 Å². The molecule has 1 N–H and O–H groups in total. The van der Waals surface area contributed by atoms with Crippen LogP contribution in [0.1, 0.15) is 25.5 Å². The van der Waals surface area contributed by atoms with Crippen LogP contribution in [0.15, 0.2) is 6.07 Å². The molecule has 1 aliphatic heterocycles. The van der Waals surface area contributed by atoms with Crippen LogP contribution in [-0.4, -0.2) is 41.1 Å². The van der Waals surface area contributed by atoms with Gasteiger partial charge in [0, 0.05) is 31.5 Å². The lowest BCUT2D eigenvalue weighted by atomic mass is 10.2. The molecular weight excluding hydrogens is 301 g/mol. The number of nitrogens with one attached hydrogen (secondary N) is 1. The monoisotopic (exact) mass is 320 g/mol. The first kappa shape index (κ1) is 16.2. The zero-order valence-electron chi connectivity index (χ0n) is 12.1. The Kier molecular flexibility index (Phi) is 5.18. The number of nitrogens with zero attached hydrogens (tertiary/aromatic N) is 3. The predicted octanol–water partition coefficient (Wildman–Crippen LogP) is 3.26. The van der Waals surface area contributed by atoms with E-state index < -0.39 is 11.9 Å². The van der Waals surface area contributed by atoms with Crippen molar-refractivity contribution in [3.8, 4) is 0 Å². The van der Waals surface area contributed by atoms with Crippen molar-refractivity contribution in [1.82, 2.24) is 9.97 Å². The number of rotatable bonds is 5. The molecule has 0 spiro atoms. The van der Waals surface area contributed by atoms with Gasteiger partial charge in [-0.25, -0.2) is 4.98 Å². The third-order valence-electron chi connectivity index (χ3n) is 3.35. The molecule has 1 saturated heterocycles. The molecule has 0 aromatic carbocycles. The van der Waals surface area contributed by atoms with Gasteiger partial charge in [-0.1, -0.05) is 6.92 Å². The van der Waals surface area contributed by atoms with Crippen molar-refractivity contribution in [2.45, 2.75) is 32.0 Å². The lowest BCUT2D eigenvalue weighted by molar-refractivity contribution is -0.141. The van der Waals surface area contributed by atoms with Crippen LogP contribution in [0.5, 0.6) is 0 Å². The quantitative estimate of drug-likeness (QED) is 0.902. The molecule has 1 aromatic rings. The Morgan fingerprint density at radius 1 is 1.43 bits per heavy atom. The Balaban J connectivity index is 2.29. The summed E-state index contributed by atoms with van der Waals surface area (Å²) < 4.78 is 38.9. The van der Waals surface area contributed by atoms with E-state index in [0.717, 1.165) is 30.4 Å². The minimum Gasteiger partial charge on any atom is -0.356 e. The van der Waals surface area contributed by atoms with Gasteiger partial charge in [-0.2, -0.15) is 29.9 Å². The minimum absolute atomic E-state index is 0.0409. The second-order valence-electron chi connectivity index (χ2n) is 4.99. The van der Waals surface area contributed by atoms with Crippen LogP contribution in [0.4, 0.5) is 24.9 Å². The lowest BCUT2D eigenvalue weighted by Crippen LogP contribution is -2.32. The van der Waals surface area contributed by atoms with E-state index in [-0.39, 0.29) is 12.0 Å². The number of aromatic nitrogens is 2. The van der Waals surface area contributed by atoms with Gasteiger partial charge in [0.2, 0.25) is 5.95 Å². The highest BCUT2D eigenvalue weighted by molar-refractivity contribution is 7.99. The molecule has 21 heavy (non-hydrogen) atoms. The van der Waals surface area contributed by atoms with E-state index in [1.807, 2.05) is 23.6 Å². The summed E-state index contributed by atoms with van der Waals surface area (Å²) in [5, 5.41) is 2.84. The van der Waals surface area contributed by atoms with Gasteiger partial charge in [-0.05, 0) is 18.6 Å². The molecule has 4 nitrogen and oxygen atoms in total. The molecule has 0 aliphatic carbocycles. The van der Waals surface area contributed by atoms with Crippen LogP contribution in [0, 0.1) is 0 Å². The second kappa shape index (κ2) is 6.72. The first-order chi connectivity index (χ1) is 9.91. The molecule has 2 heterocycles. The van der Waals surface area contributed by atoms with Crippen LogP contribution in [0.2, 0.25) is 0 Å². The smallest absolute Gasteiger partial charge is 0.356 e. The Morgan fingerprint density at radius 2 is 2.19 bits per heavy atom. The van der Waals surface area contributed by atoms with Gasteiger partial charge in [0.25, 0.3) is 0 Å². The standard InChI is InChI=1S/C13H19F3N4S/c1-3-5-17-12-18-10(13(14,15)16)7-11(19-12)20(2)9-4-6-21-8-9/h7,9H,3-6,8H2,1-2H3,(H,17,18,19). The fraction of sp³-hybridized carbons (Fsp3) is 0.692. The third-order valence-corrected chi connectivity index (χ3v) is 4.50. The number of halogens is 3. The van der Waals surface area contributed by atoms with Gasteiger partial charge in [0.1, 0.15) is 5.82 Å². The normalized spacial score (nSPS) is 18.8. The molecule has 0 saturated carbocycles. The van der Waals surface area contributed by atoms with Gasteiger partial charge >= 0.3 is 6.18 Å². The Bertz CT molecular complexity index is 475. The van der Waals surface area contributed by atoms with Crippen LogP contribution in [0.25, 0.3) is 0 Å². The lowest BCUT2D eigenvalue weighted by Gasteiger charge is -2.25. The fourth-order valence-electron chi connectivity index (χ4n) is 2.09. The molecule has 118 valence electrons. The van der Waals surface area contributed by atoms with Crippen molar-refractivity contribution >= 4 is 23.5 Å². The SMILES string of the molecule is CCCNc1nc(N(C)C2CCSC2)cc(C(F)(F)F)n1. The molecular formula is C13H19F3N4S. The van der Waals surface area contributed by atoms with Crippen molar-refractivity contribution in [3.05, 3.63) is 11.8 Å². The van der Waals surface area contributed by atoms with E-state index >= 15 is 0 Å². The summed E-state index contributed by atoms with van der Waals surface area (Å²) in [4.78, 5) is 9.62. The van der Waals surface area contributed by atoms with E-state index in [2.05, 4.69) is 15.3 Å². The number of anilines is 2. The zero-order chi connectivity index (χ0) is 15.5. The first-order valence-corrected chi connectivity index (χ1v) is 8.08. The summed E-state index contributed by atoms with van der Waals surface area (Å²) in [6, 6.07) is 1.25. The van der Waals surface area contributed by atoms with E-state index in [9.17, 15) is 13.2 Å². The molecule has 1 aliphatic rings. The second-order valence-corrected chi connectivity index (χ2v) is 6.14. The van der Waals surface area contributed by atoms with Crippen molar-refractivity contribution < 1.29 is 13.2 Å².